The number of fused-ring (bicyclic) bond motifs is 1. The van der Waals surface area contributed by atoms with Crippen molar-refractivity contribution < 1.29 is 9.53 Å². The van der Waals surface area contributed by atoms with Gasteiger partial charge in [-0.25, -0.2) is 0 Å². The zero-order chi connectivity index (χ0) is 14.2. The molecule has 4 heteroatoms. The third kappa shape index (κ3) is 2.77. The fourth-order valence-electron chi connectivity index (χ4n) is 2.60. The quantitative estimate of drug-likeness (QED) is 0.834. The average Bonchev–Trinajstić information content (AvgIpc) is 2.47. The maximum atomic E-state index is 12.7. The first-order valence-corrected chi connectivity index (χ1v) is 6.91. The molecule has 0 N–H and O–H groups in total. The number of Topliss-reactive ketones (excluding diaryl/α,β-unsaturated/α-hetero) is 1. The van der Waals surface area contributed by atoms with Gasteiger partial charge in [0.2, 0.25) is 0 Å². The van der Waals surface area contributed by atoms with Gasteiger partial charge in [-0.2, -0.15) is 0 Å². The van der Waals surface area contributed by atoms with E-state index in [9.17, 15) is 4.79 Å². The fraction of sp³-hybridized carbons (Fsp3) is 0.533. The number of ketones is 1. The molecule has 0 amide bonds. The second-order valence-electron chi connectivity index (χ2n) is 5.47. The molecule has 19 heavy (non-hydrogen) atoms. The Morgan fingerprint density at radius 3 is 2.74 bits per heavy atom. The Morgan fingerprint density at radius 2 is 2.11 bits per heavy atom. The molecule has 0 aliphatic carbocycles. The van der Waals surface area contributed by atoms with Gasteiger partial charge in [-0.05, 0) is 51.6 Å². The molecule has 0 bridgehead atoms. The highest BCUT2D eigenvalue weighted by Crippen LogP contribution is 2.35. The van der Waals surface area contributed by atoms with E-state index in [0.717, 1.165) is 24.1 Å². The molecule has 3 nitrogen and oxygen atoms in total. The molecule has 0 aromatic heterocycles. The molecule has 1 aliphatic heterocycles. The summed E-state index contributed by atoms with van der Waals surface area (Å²) in [5.41, 5.74) is 2.46. The van der Waals surface area contributed by atoms with Crippen molar-refractivity contribution in [2.45, 2.75) is 20.3 Å². The summed E-state index contributed by atoms with van der Waals surface area (Å²) >= 11 is 6.27. The molecule has 1 aromatic carbocycles. The third-order valence-electron chi connectivity index (χ3n) is 3.57. The van der Waals surface area contributed by atoms with Crippen LogP contribution in [0.15, 0.2) is 6.07 Å². The van der Waals surface area contributed by atoms with Gasteiger partial charge in [-0.1, -0.05) is 11.6 Å². The van der Waals surface area contributed by atoms with Crippen molar-refractivity contribution in [3.63, 3.8) is 0 Å². The summed E-state index contributed by atoms with van der Waals surface area (Å²) in [7, 11) is 3.96. The molecule has 1 unspecified atom stereocenters. The summed E-state index contributed by atoms with van der Waals surface area (Å²) < 4.78 is 5.75. The molecular weight excluding hydrogens is 262 g/mol. The standard InChI is InChI=1S/C15H20ClNO2/c1-9-7-12-13(10(2)14(9)16)15(18)11(5-6-19-12)8-17(3)4/h7,11H,5-6,8H2,1-4H3. The zero-order valence-electron chi connectivity index (χ0n) is 11.9. The van der Waals surface area contributed by atoms with Crippen LogP contribution in [0.1, 0.15) is 27.9 Å². The second-order valence-corrected chi connectivity index (χ2v) is 5.84. The van der Waals surface area contributed by atoms with Crippen LogP contribution in [0, 0.1) is 19.8 Å². The smallest absolute Gasteiger partial charge is 0.171 e. The Morgan fingerprint density at radius 1 is 1.42 bits per heavy atom. The van der Waals surface area contributed by atoms with Crippen molar-refractivity contribution in [2.75, 3.05) is 27.2 Å². The Labute approximate surface area is 119 Å². The van der Waals surface area contributed by atoms with Gasteiger partial charge in [0.15, 0.2) is 5.78 Å². The predicted octanol–water partition coefficient (Wildman–Crippen LogP) is 3.10. The van der Waals surface area contributed by atoms with Gasteiger partial charge in [0.25, 0.3) is 0 Å². The van der Waals surface area contributed by atoms with E-state index in [1.807, 2.05) is 38.9 Å². The first-order valence-electron chi connectivity index (χ1n) is 6.53. The van der Waals surface area contributed by atoms with Crippen LogP contribution >= 0.6 is 11.6 Å². The summed E-state index contributed by atoms with van der Waals surface area (Å²) in [6.45, 7) is 5.16. The maximum absolute atomic E-state index is 12.7. The SMILES string of the molecule is Cc1cc2c(c(C)c1Cl)C(=O)C(CN(C)C)CCO2. The molecule has 0 fully saturated rings. The summed E-state index contributed by atoms with van der Waals surface area (Å²) in [5, 5.41) is 0.668. The zero-order valence-corrected chi connectivity index (χ0v) is 12.7. The number of nitrogens with zero attached hydrogens (tertiary/aromatic N) is 1. The Bertz CT molecular complexity index is 511. The largest absolute Gasteiger partial charge is 0.493 e. The van der Waals surface area contributed by atoms with E-state index >= 15 is 0 Å². The number of rotatable bonds is 2. The lowest BCUT2D eigenvalue weighted by Gasteiger charge is -2.18. The molecule has 1 atom stereocenters. The van der Waals surface area contributed by atoms with Gasteiger partial charge in [-0.3, -0.25) is 4.79 Å². The Hall–Kier alpha value is -1.06. The van der Waals surface area contributed by atoms with E-state index in [4.69, 9.17) is 16.3 Å². The number of ether oxygens (including phenoxy) is 1. The van der Waals surface area contributed by atoms with Crippen LogP contribution in [-0.4, -0.2) is 37.9 Å². The number of aryl methyl sites for hydroxylation is 1. The maximum Gasteiger partial charge on any atom is 0.171 e. The molecule has 1 heterocycles. The van der Waals surface area contributed by atoms with Crippen molar-refractivity contribution in [3.05, 3.63) is 27.8 Å². The van der Waals surface area contributed by atoms with E-state index in [1.165, 1.54) is 0 Å². The van der Waals surface area contributed by atoms with Crippen molar-refractivity contribution >= 4 is 17.4 Å². The van der Waals surface area contributed by atoms with Gasteiger partial charge >= 0.3 is 0 Å². The third-order valence-corrected chi connectivity index (χ3v) is 4.15. The molecule has 1 aliphatic rings. The lowest BCUT2D eigenvalue weighted by atomic mass is 9.91. The van der Waals surface area contributed by atoms with Gasteiger partial charge < -0.3 is 9.64 Å². The average molecular weight is 282 g/mol. The number of carbonyl (C=O) groups excluding carboxylic acids is 1. The highest BCUT2D eigenvalue weighted by molar-refractivity contribution is 6.32. The molecular formula is C15H20ClNO2. The number of carbonyl (C=O) groups is 1. The first kappa shape index (κ1) is 14.4. The normalized spacial score (nSPS) is 19.1. The van der Waals surface area contributed by atoms with Crippen LogP contribution in [-0.2, 0) is 0 Å². The highest BCUT2D eigenvalue weighted by Gasteiger charge is 2.29. The van der Waals surface area contributed by atoms with Crippen LogP contribution in [0.2, 0.25) is 5.02 Å². The molecule has 0 spiro atoms. The van der Waals surface area contributed by atoms with E-state index in [-0.39, 0.29) is 11.7 Å². The summed E-state index contributed by atoms with van der Waals surface area (Å²) in [6, 6.07) is 1.88. The van der Waals surface area contributed by atoms with E-state index < -0.39 is 0 Å². The van der Waals surface area contributed by atoms with Crippen molar-refractivity contribution in [1.29, 1.82) is 0 Å². The van der Waals surface area contributed by atoms with Crippen molar-refractivity contribution in [2.24, 2.45) is 5.92 Å². The molecule has 1 aromatic rings. The van der Waals surface area contributed by atoms with Gasteiger partial charge in [0.1, 0.15) is 5.75 Å². The van der Waals surface area contributed by atoms with Gasteiger partial charge in [0, 0.05) is 17.5 Å². The van der Waals surface area contributed by atoms with Crippen LogP contribution in [0.4, 0.5) is 0 Å². The van der Waals surface area contributed by atoms with Crippen molar-refractivity contribution in [3.8, 4) is 5.75 Å². The summed E-state index contributed by atoms with van der Waals surface area (Å²) in [5.74, 6) is 0.819. The highest BCUT2D eigenvalue weighted by atomic mass is 35.5. The summed E-state index contributed by atoms with van der Waals surface area (Å²) in [6.07, 6.45) is 0.752. The van der Waals surface area contributed by atoms with E-state index in [0.29, 0.717) is 22.9 Å². The minimum Gasteiger partial charge on any atom is -0.493 e. The number of hydrogen-bond donors (Lipinski definition) is 0. The van der Waals surface area contributed by atoms with Crippen LogP contribution < -0.4 is 4.74 Å². The lowest BCUT2D eigenvalue weighted by molar-refractivity contribution is 0.0891. The Balaban J connectivity index is 2.47. The van der Waals surface area contributed by atoms with Crippen LogP contribution in [0.3, 0.4) is 0 Å². The van der Waals surface area contributed by atoms with Crippen LogP contribution in [0.25, 0.3) is 0 Å². The Kier molecular flexibility index (Phi) is 4.16. The fourth-order valence-corrected chi connectivity index (χ4v) is 2.75. The van der Waals surface area contributed by atoms with E-state index in [1.54, 1.807) is 0 Å². The molecule has 0 radical (unpaired) electrons. The first-order chi connectivity index (χ1) is 8.91. The minimum absolute atomic E-state index is 0.0197. The summed E-state index contributed by atoms with van der Waals surface area (Å²) in [4.78, 5) is 14.7. The van der Waals surface area contributed by atoms with Gasteiger partial charge in [-0.15, -0.1) is 0 Å². The van der Waals surface area contributed by atoms with Crippen LogP contribution in [0.5, 0.6) is 5.75 Å². The van der Waals surface area contributed by atoms with E-state index in [2.05, 4.69) is 0 Å². The molecule has 2 rings (SSSR count). The topological polar surface area (TPSA) is 29.5 Å². The number of hydrogen-bond acceptors (Lipinski definition) is 3. The molecule has 0 saturated carbocycles. The minimum atomic E-state index is -0.0197. The molecule has 0 saturated heterocycles. The lowest BCUT2D eigenvalue weighted by Crippen LogP contribution is -2.28. The molecule has 104 valence electrons. The predicted molar refractivity (Wildman–Crippen MR) is 77.4 cm³/mol. The second kappa shape index (κ2) is 5.51. The van der Waals surface area contributed by atoms with Gasteiger partial charge in [0.05, 0.1) is 12.2 Å². The monoisotopic (exact) mass is 281 g/mol. The number of benzene rings is 1. The van der Waals surface area contributed by atoms with Crippen molar-refractivity contribution in [1.82, 2.24) is 4.90 Å². The number of halogens is 1.